The normalized spacial score (nSPS) is 15.1. The number of fused-ring (bicyclic) bond motifs is 2. The Bertz CT molecular complexity index is 1480. The van der Waals surface area contributed by atoms with Crippen molar-refractivity contribution >= 4 is 16.9 Å². The average molecular weight is 454 g/mol. The number of rotatable bonds is 5. The van der Waals surface area contributed by atoms with Crippen LogP contribution in [0.15, 0.2) is 82.4 Å². The Kier molecular flexibility index (Phi) is 5.88. The van der Waals surface area contributed by atoms with Gasteiger partial charge in [0, 0.05) is 12.1 Å². The Morgan fingerprint density at radius 3 is 2.26 bits per heavy atom. The molecule has 3 aromatic carbocycles. The van der Waals surface area contributed by atoms with Crippen LogP contribution in [0.3, 0.4) is 0 Å². The monoisotopic (exact) mass is 453 g/mol. The van der Waals surface area contributed by atoms with Crippen molar-refractivity contribution in [2.75, 3.05) is 0 Å². The first-order valence-corrected chi connectivity index (χ1v) is 11.8. The van der Waals surface area contributed by atoms with Crippen LogP contribution in [0.5, 0.6) is 0 Å². The summed E-state index contributed by atoms with van der Waals surface area (Å²) < 4.78 is 3.02. The maximum absolute atomic E-state index is 12.9. The molecule has 1 amide bonds. The minimum atomic E-state index is -0.543. The van der Waals surface area contributed by atoms with Crippen LogP contribution in [0.2, 0.25) is 0 Å². The molecular formula is C28H27N3O3. The van der Waals surface area contributed by atoms with Crippen LogP contribution in [0, 0.1) is 0 Å². The number of aryl methyl sites for hydroxylation is 2. The highest BCUT2D eigenvalue weighted by Crippen LogP contribution is 2.29. The maximum atomic E-state index is 12.9. The minimum Gasteiger partial charge on any atom is -0.345 e. The summed E-state index contributed by atoms with van der Waals surface area (Å²) in [5.41, 5.74) is 4.31. The van der Waals surface area contributed by atoms with E-state index in [0.717, 1.165) is 30.3 Å². The van der Waals surface area contributed by atoms with Gasteiger partial charge in [0.1, 0.15) is 0 Å². The molecule has 1 aromatic heterocycles. The molecule has 172 valence electrons. The molecule has 34 heavy (non-hydrogen) atoms. The van der Waals surface area contributed by atoms with Gasteiger partial charge in [0.05, 0.1) is 23.6 Å². The lowest BCUT2D eigenvalue weighted by atomic mass is 9.87. The lowest BCUT2D eigenvalue weighted by Crippen LogP contribution is -2.41. The van der Waals surface area contributed by atoms with Gasteiger partial charge in [-0.05, 0) is 67.1 Å². The number of amides is 1. The number of carbonyl (C=O) groups is 1. The van der Waals surface area contributed by atoms with Gasteiger partial charge in [-0.15, -0.1) is 0 Å². The van der Waals surface area contributed by atoms with E-state index in [4.69, 9.17) is 0 Å². The predicted molar refractivity (Wildman–Crippen MR) is 133 cm³/mol. The van der Waals surface area contributed by atoms with Gasteiger partial charge in [0.25, 0.3) is 5.91 Å². The Morgan fingerprint density at radius 2 is 1.53 bits per heavy atom. The lowest BCUT2D eigenvalue weighted by Gasteiger charge is -2.26. The molecule has 5 rings (SSSR count). The van der Waals surface area contributed by atoms with Gasteiger partial charge in [-0.1, -0.05) is 48.5 Å². The van der Waals surface area contributed by atoms with E-state index in [1.807, 2.05) is 55.5 Å². The van der Waals surface area contributed by atoms with Crippen molar-refractivity contribution in [3.05, 3.63) is 116 Å². The van der Waals surface area contributed by atoms with E-state index in [0.29, 0.717) is 17.6 Å². The van der Waals surface area contributed by atoms with E-state index in [-0.39, 0.29) is 18.5 Å². The molecule has 0 fully saturated rings. The SMILES string of the molecule is CCn1c(=O)c(=O)n(Cc2ccc(C(=O)N[C@H]3CCCc4ccccc43)cc2)c2ccccc21. The maximum Gasteiger partial charge on any atom is 0.317 e. The standard InChI is InChI=1S/C28H27N3O3/c1-2-30-24-12-5-6-13-25(24)31(28(34)27(30)33)18-19-14-16-21(17-15-19)26(32)29-23-11-7-9-20-8-3-4-10-22(20)23/h3-6,8,10,12-17,23H,2,7,9,11,18H2,1H3,(H,29,32)/t23-/m0/s1. The van der Waals surface area contributed by atoms with E-state index in [1.165, 1.54) is 20.3 Å². The van der Waals surface area contributed by atoms with Crippen LogP contribution in [0.25, 0.3) is 11.0 Å². The van der Waals surface area contributed by atoms with E-state index >= 15 is 0 Å². The minimum absolute atomic E-state index is 0.0205. The van der Waals surface area contributed by atoms with Crippen molar-refractivity contribution in [2.45, 2.75) is 45.3 Å². The van der Waals surface area contributed by atoms with Gasteiger partial charge in [0.15, 0.2) is 0 Å². The summed E-state index contributed by atoms with van der Waals surface area (Å²) in [4.78, 5) is 38.4. The van der Waals surface area contributed by atoms with Gasteiger partial charge < -0.3 is 9.88 Å². The highest BCUT2D eigenvalue weighted by atomic mass is 16.2. The fourth-order valence-electron chi connectivity index (χ4n) is 4.93. The zero-order valence-corrected chi connectivity index (χ0v) is 19.2. The molecule has 1 aliphatic carbocycles. The third kappa shape index (κ3) is 3.96. The molecule has 6 heteroatoms. The lowest BCUT2D eigenvalue weighted by molar-refractivity contribution is 0.0932. The van der Waals surface area contributed by atoms with Gasteiger partial charge >= 0.3 is 11.1 Å². The zero-order chi connectivity index (χ0) is 23.7. The molecule has 0 bridgehead atoms. The molecule has 0 spiro atoms. The first-order chi connectivity index (χ1) is 16.6. The van der Waals surface area contributed by atoms with Crippen LogP contribution in [0.4, 0.5) is 0 Å². The van der Waals surface area contributed by atoms with Crippen molar-refractivity contribution in [1.82, 2.24) is 14.5 Å². The second-order valence-electron chi connectivity index (χ2n) is 8.74. The third-order valence-electron chi connectivity index (χ3n) is 6.68. The summed E-state index contributed by atoms with van der Waals surface area (Å²) in [6.45, 7) is 2.55. The van der Waals surface area contributed by atoms with Gasteiger partial charge in [-0.25, -0.2) is 0 Å². The number of carbonyl (C=O) groups excluding carboxylic acids is 1. The Balaban J connectivity index is 1.38. The number of aromatic nitrogens is 2. The third-order valence-corrected chi connectivity index (χ3v) is 6.68. The second kappa shape index (κ2) is 9.14. The Labute approximate surface area is 197 Å². The van der Waals surface area contributed by atoms with Crippen LogP contribution in [0.1, 0.15) is 52.9 Å². The van der Waals surface area contributed by atoms with E-state index in [9.17, 15) is 14.4 Å². The highest BCUT2D eigenvalue weighted by molar-refractivity contribution is 5.94. The number of nitrogens with zero attached hydrogens (tertiary/aromatic N) is 2. The predicted octanol–water partition coefficient (Wildman–Crippen LogP) is 4.04. The fourth-order valence-corrected chi connectivity index (χ4v) is 4.93. The number of nitrogens with one attached hydrogen (secondary N) is 1. The summed E-state index contributed by atoms with van der Waals surface area (Å²) in [6, 6.07) is 23.0. The first kappa shape index (κ1) is 21.9. The number of hydrogen-bond donors (Lipinski definition) is 1. The smallest absolute Gasteiger partial charge is 0.317 e. The van der Waals surface area contributed by atoms with E-state index in [1.54, 1.807) is 12.1 Å². The molecule has 0 unspecified atom stereocenters. The first-order valence-electron chi connectivity index (χ1n) is 11.8. The molecule has 1 heterocycles. The molecule has 1 atom stereocenters. The van der Waals surface area contributed by atoms with Crippen LogP contribution in [-0.4, -0.2) is 15.0 Å². The van der Waals surface area contributed by atoms with E-state index < -0.39 is 11.1 Å². The molecule has 1 aliphatic rings. The van der Waals surface area contributed by atoms with Gasteiger partial charge in [0.2, 0.25) is 0 Å². The van der Waals surface area contributed by atoms with Crippen molar-refractivity contribution < 1.29 is 4.79 Å². The van der Waals surface area contributed by atoms with Crippen molar-refractivity contribution in [2.24, 2.45) is 0 Å². The summed E-state index contributed by atoms with van der Waals surface area (Å²) in [6.07, 6.45) is 3.04. The molecule has 4 aromatic rings. The highest BCUT2D eigenvalue weighted by Gasteiger charge is 2.22. The topological polar surface area (TPSA) is 73.1 Å². The quantitative estimate of drug-likeness (QED) is 0.464. The molecule has 0 aliphatic heterocycles. The van der Waals surface area contributed by atoms with Crippen LogP contribution >= 0.6 is 0 Å². The molecule has 0 saturated carbocycles. The van der Waals surface area contributed by atoms with Crippen molar-refractivity contribution in [3.8, 4) is 0 Å². The summed E-state index contributed by atoms with van der Waals surface area (Å²) in [7, 11) is 0. The Hall–Kier alpha value is -3.93. The second-order valence-corrected chi connectivity index (χ2v) is 8.74. The molecule has 1 N–H and O–H groups in total. The molecule has 6 nitrogen and oxygen atoms in total. The van der Waals surface area contributed by atoms with Gasteiger partial charge in [-0.2, -0.15) is 0 Å². The summed E-state index contributed by atoms with van der Waals surface area (Å²) in [5.74, 6) is -0.110. The fraction of sp³-hybridized carbons (Fsp3) is 0.250. The number of para-hydroxylation sites is 2. The van der Waals surface area contributed by atoms with Crippen LogP contribution in [-0.2, 0) is 19.5 Å². The summed E-state index contributed by atoms with van der Waals surface area (Å²) >= 11 is 0. The van der Waals surface area contributed by atoms with Crippen molar-refractivity contribution in [3.63, 3.8) is 0 Å². The summed E-state index contributed by atoms with van der Waals surface area (Å²) in [5, 5.41) is 3.18. The number of benzene rings is 3. The van der Waals surface area contributed by atoms with Crippen LogP contribution < -0.4 is 16.4 Å². The average Bonchev–Trinajstić information content (AvgIpc) is 2.87. The molecule has 0 radical (unpaired) electrons. The molecular weight excluding hydrogens is 426 g/mol. The number of hydrogen-bond acceptors (Lipinski definition) is 3. The van der Waals surface area contributed by atoms with Gasteiger partial charge in [-0.3, -0.25) is 19.0 Å². The largest absolute Gasteiger partial charge is 0.345 e. The van der Waals surface area contributed by atoms with E-state index in [2.05, 4.69) is 17.4 Å². The zero-order valence-electron chi connectivity index (χ0n) is 19.2. The van der Waals surface area contributed by atoms with Crippen molar-refractivity contribution in [1.29, 1.82) is 0 Å². The Morgan fingerprint density at radius 1 is 0.882 bits per heavy atom. The molecule has 0 saturated heterocycles.